The summed E-state index contributed by atoms with van der Waals surface area (Å²) in [5.74, 6) is 2.02. The Bertz CT molecular complexity index is 1080. The van der Waals surface area contributed by atoms with E-state index in [1.54, 1.807) is 30.5 Å². The van der Waals surface area contributed by atoms with Gasteiger partial charge in [-0.2, -0.15) is 4.98 Å². The van der Waals surface area contributed by atoms with Gasteiger partial charge in [0, 0.05) is 62.0 Å². The maximum absolute atomic E-state index is 12.8. The minimum Gasteiger partial charge on any atom is -0.353 e. The SMILES string of the molecule is CC(=O)Nc1ccc(C(=O)N2CCN(c3ccc(-c4noc(C(C)C)n4)cn3)CC2)cc1. The number of hydrogen-bond donors (Lipinski definition) is 1. The molecule has 3 heterocycles. The van der Waals surface area contributed by atoms with Crippen molar-refractivity contribution in [1.82, 2.24) is 20.0 Å². The largest absolute Gasteiger partial charge is 0.353 e. The molecule has 4 rings (SSSR count). The van der Waals surface area contributed by atoms with Crippen molar-refractivity contribution in [2.24, 2.45) is 0 Å². The minimum absolute atomic E-state index is 0.0135. The van der Waals surface area contributed by atoms with Crippen LogP contribution in [0.2, 0.25) is 0 Å². The molecular weight excluding hydrogens is 408 g/mol. The number of rotatable bonds is 5. The van der Waals surface area contributed by atoms with Crippen LogP contribution in [0.15, 0.2) is 47.1 Å². The fraction of sp³-hybridized carbons (Fsp3) is 0.348. The van der Waals surface area contributed by atoms with E-state index in [1.165, 1.54) is 6.92 Å². The third-order valence-electron chi connectivity index (χ3n) is 5.28. The van der Waals surface area contributed by atoms with Gasteiger partial charge in [-0.25, -0.2) is 4.98 Å². The van der Waals surface area contributed by atoms with E-state index in [1.807, 2.05) is 30.9 Å². The van der Waals surface area contributed by atoms with Gasteiger partial charge in [-0.1, -0.05) is 19.0 Å². The number of carbonyl (C=O) groups excluding carboxylic acids is 2. The molecule has 1 saturated heterocycles. The molecule has 0 bridgehead atoms. The molecule has 1 aromatic carbocycles. The second-order valence-electron chi connectivity index (χ2n) is 8.05. The van der Waals surface area contributed by atoms with Crippen LogP contribution in [0.5, 0.6) is 0 Å². The maximum Gasteiger partial charge on any atom is 0.253 e. The van der Waals surface area contributed by atoms with Gasteiger partial charge in [0.05, 0.1) is 0 Å². The fourth-order valence-electron chi connectivity index (χ4n) is 3.51. The molecule has 0 aliphatic carbocycles. The third kappa shape index (κ3) is 4.77. The topological polar surface area (TPSA) is 104 Å². The standard InChI is InChI=1S/C23H26N6O3/c1-15(2)22-26-21(27-32-22)18-6-9-20(24-14-18)28-10-12-29(13-11-28)23(31)17-4-7-19(8-5-17)25-16(3)30/h4-9,14-15H,10-13H2,1-3H3,(H,25,30). The predicted octanol–water partition coefficient (Wildman–Crippen LogP) is 3.18. The van der Waals surface area contributed by atoms with Crippen LogP contribution in [-0.2, 0) is 4.79 Å². The molecule has 9 heteroatoms. The summed E-state index contributed by atoms with van der Waals surface area (Å²) in [5, 5.41) is 6.73. The Hall–Kier alpha value is -3.75. The van der Waals surface area contributed by atoms with Crippen LogP contribution < -0.4 is 10.2 Å². The van der Waals surface area contributed by atoms with Crippen molar-refractivity contribution in [1.29, 1.82) is 0 Å². The molecule has 0 radical (unpaired) electrons. The zero-order valence-corrected chi connectivity index (χ0v) is 18.4. The Morgan fingerprint density at radius 2 is 1.75 bits per heavy atom. The van der Waals surface area contributed by atoms with Crippen LogP contribution in [0.25, 0.3) is 11.4 Å². The Labute approximate surface area is 186 Å². The van der Waals surface area contributed by atoms with E-state index in [4.69, 9.17) is 4.52 Å². The Kier molecular flexibility index (Phi) is 6.16. The number of piperazine rings is 1. The molecular formula is C23H26N6O3. The quantitative estimate of drug-likeness (QED) is 0.658. The van der Waals surface area contributed by atoms with Gasteiger partial charge in [0.15, 0.2) is 0 Å². The number of nitrogens with one attached hydrogen (secondary N) is 1. The molecule has 1 fully saturated rings. The lowest BCUT2D eigenvalue weighted by Gasteiger charge is -2.35. The summed E-state index contributed by atoms with van der Waals surface area (Å²) in [5.41, 5.74) is 2.09. The molecule has 9 nitrogen and oxygen atoms in total. The number of benzene rings is 1. The molecule has 2 amide bonds. The average molecular weight is 435 g/mol. The number of amides is 2. The highest BCUT2D eigenvalue weighted by Crippen LogP contribution is 2.22. The lowest BCUT2D eigenvalue weighted by Crippen LogP contribution is -2.49. The minimum atomic E-state index is -0.139. The number of hydrogen-bond acceptors (Lipinski definition) is 7. The molecule has 1 N–H and O–H groups in total. The van der Waals surface area contributed by atoms with Crippen LogP contribution in [0.1, 0.15) is 42.9 Å². The van der Waals surface area contributed by atoms with Gasteiger partial charge in [-0.15, -0.1) is 0 Å². The molecule has 0 spiro atoms. The molecule has 0 atom stereocenters. The zero-order valence-electron chi connectivity index (χ0n) is 18.4. The van der Waals surface area contributed by atoms with E-state index < -0.39 is 0 Å². The molecule has 166 valence electrons. The maximum atomic E-state index is 12.8. The van der Waals surface area contributed by atoms with Gasteiger partial charge >= 0.3 is 0 Å². The summed E-state index contributed by atoms with van der Waals surface area (Å²) < 4.78 is 5.27. The smallest absolute Gasteiger partial charge is 0.253 e. The summed E-state index contributed by atoms with van der Waals surface area (Å²) in [6, 6.07) is 10.8. The van der Waals surface area contributed by atoms with Crippen molar-refractivity contribution in [3.05, 3.63) is 54.0 Å². The normalized spacial score (nSPS) is 14.0. The molecule has 32 heavy (non-hydrogen) atoms. The Balaban J connectivity index is 1.35. The lowest BCUT2D eigenvalue weighted by molar-refractivity contribution is -0.114. The Morgan fingerprint density at radius 3 is 2.31 bits per heavy atom. The summed E-state index contributed by atoms with van der Waals surface area (Å²) in [6.45, 7) is 8.07. The number of anilines is 2. The van der Waals surface area contributed by atoms with E-state index in [9.17, 15) is 9.59 Å². The first-order valence-electron chi connectivity index (χ1n) is 10.6. The highest BCUT2D eigenvalue weighted by atomic mass is 16.5. The summed E-state index contributed by atoms with van der Waals surface area (Å²) in [4.78, 5) is 36.9. The molecule has 0 saturated carbocycles. The van der Waals surface area contributed by atoms with Crippen LogP contribution in [-0.4, -0.2) is 58.0 Å². The summed E-state index contributed by atoms with van der Waals surface area (Å²) >= 11 is 0. The third-order valence-corrected chi connectivity index (χ3v) is 5.28. The van der Waals surface area contributed by atoms with E-state index in [-0.39, 0.29) is 17.7 Å². The second-order valence-corrected chi connectivity index (χ2v) is 8.05. The molecule has 1 aliphatic rings. The van der Waals surface area contributed by atoms with Crippen molar-refractivity contribution >= 4 is 23.3 Å². The molecule has 0 unspecified atom stereocenters. The number of nitrogens with zero attached hydrogens (tertiary/aromatic N) is 5. The van der Waals surface area contributed by atoms with Crippen molar-refractivity contribution in [3.63, 3.8) is 0 Å². The molecule has 2 aromatic heterocycles. The van der Waals surface area contributed by atoms with E-state index >= 15 is 0 Å². The van der Waals surface area contributed by atoms with E-state index in [2.05, 4.69) is 25.3 Å². The van der Waals surface area contributed by atoms with Crippen LogP contribution >= 0.6 is 0 Å². The summed E-state index contributed by atoms with van der Waals surface area (Å²) in [6.07, 6.45) is 1.75. The van der Waals surface area contributed by atoms with E-state index in [0.717, 1.165) is 11.4 Å². The van der Waals surface area contributed by atoms with E-state index in [0.29, 0.717) is 49.1 Å². The summed E-state index contributed by atoms with van der Waals surface area (Å²) in [7, 11) is 0. The Morgan fingerprint density at radius 1 is 1.03 bits per heavy atom. The first kappa shape index (κ1) is 21.5. The number of aromatic nitrogens is 3. The first-order valence-corrected chi connectivity index (χ1v) is 10.6. The van der Waals surface area contributed by atoms with Crippen LogP contribution in [0.4, 0.5) is 11.5 Å². The van der Waals surface area contributed by atoms with Gasteiger partial charge in [0.25, 0.3) is 5.91 Å². The zero-order chi connectivity index (χ0) is 22.7. The molecule has 1 aliphatic heterocycles. The van der Waals surface area contributed by atoms with Gasteiger partial charge in [-0.3, -0.25) is 9.59 Å². The second kappa shape index (κ2) is 9.17. The van der Waals surface area contributed by atoms with Crippen molar-refractivity contribution in [2.75, 3.05) is 36.4 Å². The highest BCUT2D eigenvalue weighted by Gasteiger charge is 2.23. The number of carbonyl (C=O) groups is 2. The first-order chi connectivity index (χ1) is 15.4. The van der Waals surface area contributed by atoms with Gasteiger partial charge in [-0.05, 0) is 36.4 Å². The van der Waals surface area contributed by atoms with Crippen molar-refractivity contribution in [3.8, 4) is 11.4 Å². The number of pyridine rings is 1. The van der Waals surface area contributed by atoms with Gasteiger partial charge in [0.2, 0.25) is 17.6 Å². The lowest BCUT2D eigenvalue weighted by atomic mass is 10.1. The van der Waals surface area contributed by atoms with Crippen molar-refractivity contribution in [2.45, 2.75) is 26.7 Å². The van der Waals surface area contributed by atoms with Gasteiger partial charge < -0.3 is 19.6 Å². The van der Waals surface area contributed by atoms with Crippen LogP contribution in [0.3, 0.4) is 0 Å². The fourth-order valence-corrected chi connectivity index (χ4v) is 3.51. The highest BCUT2D eigenvalue weighted by molar-refractivity contribution is 5.95. The van der Waals surface area contributed by atoms with Crippen LogP contribution in [0, 0.1) is 0 Å². The van der Waals surface area contributed by atoms with Crippen molar-refractivity contribution < 1.29 is 14.1 Å². The van der Waals surface area contributed by atoms with Gasteiger partial charge in [0.1, 0.15) is 5.82 Å². The molecule has 3 aromatic rings. The monoisotopic (exact) mass is 434 g/mol. The predicted molar refractivity (Wildman–Crippen MR) is 120 cm³/mol. The average Bonchev–Trinajstić information content (AvgIpc) is 3.30.